The van der Waals surface area contributed by atoms with Crippen LogP contribution in [-0.4, -0.2) is 29.4 Å². The van der Waals surface area contributed by atoms with E-state index in [4.69, 9.17) is 16.3 Å². The van der Waals surface area contributed by atoms with Gasteiger partial charge in [-0.1, -0.05) is 11.6 Å². The van der Waals surface area contributed by atoms with Gasteiger partial charge in [0.15, 0.2) is 6.61 Å². The van der Waals surface area contributed by atoms with E-state index in [0.717, 1.165) is 21.1 Å². The molecule has 0 aliphatic carbocycles. The number of rotatable bonds is 4. The average molecular weight is 442 g/mol. The Morgan fingerprint density at radius 1 is 1.23 bits per heavy atom. The molecule has 0 saturated heterocycles. The van der Waals surface area contributed by atoms with E-state index in [2.05, 4.69) is 10.3 Å². The van der Waals surface area contributed by atoms with Crippen LogP contribution in [0.25, 0.3) is 11.3 Å². The number of hydrogen-bond donors (Lipinski definition) is 1. The van der Waals surface area contributed by atoms with Crippen LogP contribution >= 0.6 is 22.9 Å². The number of carbonyl (C=O) groups is 2. The number of carbonyl (C=O) groups excluding carboxylic acids is 2. The highest BCUT2D eigenvalue weighted by Crippen LogP contribution is 2.38. The molecule has 2 aromatic carbocycles. The number of benzene rings is 2. The van der Waals surface area contributed by atoms with Crippen LogP contribution in [0, 0.1) is 13.8 Å². The van der Waals surface area contributed by atoms with Crippen LogP contribution in [0.2, 0.25) is 5.02 Å². The van der Waals surface area contributed by atoms with Crippen molar-refractivity contribution < 1.29 is 14.3 Å². The van der Waals surface area contributed by atoms with Gasteiger partial charge >= 0.3 is 0 Å². The molecule has 0 saturated carbocycles. The standard InChI is InChI=1S/C22H20ClN3O3S/c1-12(22(28)25-17-7-5-16(23)6-8-17)26-18-10-15(21-13(2)30-14(3)24-21)4-9-19(18)29-11-20(26)27/h4-10,12H,11H2,1-3H3,(H,25,28). The summed E-state index contributed by atoms with van der Waals surface area (Å²) >= 11 is 7.52. The third-order valence-electron chi connectivity index (χ3n) is 4.89. The van der Waals surface area contributed by atoms with Gasteiger partial charge in [0.2, 0.25) is 5.91 Å². The van der Waals surface area contributed by atoms with Crippen LogP contribution < -0.4 is 15.0 Å². The largest absolute Gasteiger partial charge is 0.482 e. The summed E-state index contributed by atoms with van der Waals surface area (Å²) in [5, 5.41) is 4.39. The molecule has 1 aliphatic rings. The van der Waals surface area contributed by atoms with Crippen molar-refractivity contribution in [3.05, 3.63) is 57.4 Å². The first kappa shape index (κ1) is 20.4. The topological polar surface area (TPSA) is 71.5 Å². The zero-order valence-electron chi connectivity index (χ0n) is 16.7. The van der Waals surface area contributed by atoms with E-state index < -0.39 is 6.04 Å². The maximum atomic E-state index is 12.9. The van der Waals surface area contributed by atoms with Crippen LogP contribution in [-0.2, 0) is 9.59 Å². The van der Waals surface area contributed by atoms with Crippen molar-refractivity contribution in [1.82, 2.24) is 4.98 Å². The van der Waals surface area contributed by atoms with Gasteiger partial charge in [0.05, 0.1) is 16.4 Å². The summed E-state index contributed by atoms with van der Waals surface area (Å²) < 4.78 is 5.60. The molecule has 1 unspecified atom stereocenters. The summed E-state index contributed by atoms with van der Waals surface area (Å²) in [6.07, 6.45) is 0. The second-order valence-electron chi connectivity index (χ2n) is 7.04. The van der Waals surface area contributed by atoms with Gasteiger partial charge in [0.25, 0.3) is 5.91 Å². The van der Waals surface area contributed by atoms with Crippen molar-refractivity contribution in [2.24, 2.45) is 0 Å². The molecule has 30 heavy (non-hydrogen) atoms. The molecular formula is C22H20ClN3O3S. The van der Waals surface area contributed by atoms with Crippen molar-refractivity contribution in [3.8, 4) is 17.0 Å². The van der Waals surface area contributed by atoms with Crippen LogP contribution in [0.5, 0.6) is 5.75 Å². The van der Waals surface area contributed by atoms with Gasteiger partial charge in [-0.25, -0.2) is 4.98 Å². The lowest BCUT2D eigenvalue weighted by Gasteiger charge is -2.33. The van der Waals surface area contributed by atoms with Gasteiger partial charge in [-0.3, -0.25) is 14.5 Å². The third kappa shape index (κ3) is 3.91. The minimum Gasteiger partial charge on any atom is -0.482 e. The summed E-state index contributed by atoms with van der Waals surface area (Å²) in [4.78, 5) is 32.8. The van der Waals surface area contributed by atoms with Gasteiger partial charge in [-0.2, -0.15) is 0 Å². The average Bonchev–Trinajstić information content (AvgIpc) is 3.06. The molecule has 154 valence electrons. The van der Waals surface area contributed by atoms with Crippen molar-refractivity contribution in [1.29, 1.82) is 0 Å². The number of aromatic nitrogens is 1. The summed E-state index contributed by atoms with van der Waals surface area (Å²) in [6, 6.07) is 11.7. The molecule has 8 heteroatoms. The number of ether oxygens (including phenoxy) is 1. The lowest BCUT2D eigenvalue weighted by molar-refractivity contribution is -0.125. The van der Waals surface area contributed by atoms with Crippen LogP contribution in [0.4, 0.5) is 11.4 Å². The van der Waals surface area contributed by atoms with Gasteiger partial charge in [0.1, 0.15) is 11.8 Å². The Morgan fingerprint density at radius 2 is 1.97 bits per heavy atom. The number of aryl methyl sites for hydroxylation is 2. The molecular weight excluding hydrogens is 422 g/mol. The highest BCUT2D eigenvalue weighted by atomic mass is 35.5. The quantitative estimate of drug-likeness (QED) is 0.629. The molecule has 1 aromatic heterocycles. The van der Waals surface area contributed by atoms with Gasteiger partial charge in [-0.05, 0) is 63.2 Å². The monoisotopic (exact) mass is 441 g/mol. The number of hydrogen-bond acceptors (Lipinski definition) is 5. The van der Waals surface area contributed by atoms with Crippen LogP contribution in [0.3, 0.4) is 0 Å². The fraction of sp³-hybridized carbons (Fsp3) is 0.227. The van der Waals surface area contributed by atoms with Crippen LogP contribution in [0.1, 0.15) is 16.8 Å². The number of thiazole rings is 1. The lowest BCUT2D eigenvalue weighted by Crippen LogP contribution is -2.49. The molecule has 1 aliphatic heterocycles. The highest BCUT2D eigenvalue weighted by Gasteiger charge is 2.33. The number of anilines is 2. The minimum absolute atomic E-state index is 0.111. The summed E-state index contributed by atoms with van der Waals surface area (Å²) in [5.41, 5.74) is 2.92. The Kier molecular flexibility index (Phi) is 5.49. The molecule has 0 fully saturated rings. The maximum Gasteiger partial charge on any atom is 0.265 e. The van der Waals surface area contributed by atoms with Gasteiger partial charge in [0, 0.05) is 21.2 Å². The normalized spacial score (nSPS) is 14.1. The van der Waals surface area contributed by atoms with Crippen molar-refractivity contribution >= 4 is 46.1 Å². The summed E-state index contributed by atoms with van der Waals surface area (Å²) in [6.45, 7) is 5.56. The molecule has 3 aromatic rings. The molecule has 0 radical (unpaired) electrons. The fourth-order valence-electron chi connectivity index (χ4n) is 3.44. The third-order valence-corrected chi connectivity index (χ3v) is 6.03. The maximum absolute atomic E-state index is 12.9. The lowest BCUT2D eigenvalue weighted by atomic mass is 10.1. The summed E-state index contributed by atoms with van der Waals surface area (Å²) in [7, 11) is 0. The second kappa shape index (κ2) is 8.08. The van der Waals surface area contributed by atoms with Crippen molar-refractivity contribution in [3.63, 3.8) is 0 Å². The van der Waals surface area contributed by atoms with E-state index >= 15 is 0 Å². The Morgan fingerprint density at radius 3 is 2.63 bits per heavy atom. The smallest absolute Gasteiger partial charge is 0.265 e. The first-order chi connectivity index (χ1) is 14.3. The number of fused-ring (bicyclic) bond motifs is 1. The van der Waals surface area contributed by atoms with E-state index in [-0.39, 0.29) is 18.4 Å². The predicted molar refractivity (Wildman–Crippen MR) is 120 cm³/mol. The molecule has 1 N–H and O–H groups in total. The first-order valence-electron chi connectivity index (χ1n) is 9.43. The summed E-state index contributed by atoms with van der Waals surface area (Å²) in [5.74, 6) is -0.0108. The molecule has 4 rings (SSSR count). The predicted octanol–water partition coefficient (Wildman–Crippen LogP) is 4.83. The Hall–Kier alpha value is -2.90. The van der Waals surface area contributed by atoms with E-state index in [0.29, 0.717) is 22.1 Å². The first-order valence-corrected chi connectivity index (χ1v) is 10.6. The minimum atomic E-state index is -0.732. The van der Waals surface area contributed by atoms with E-state index in [1.165, 1.54) is 4.90 Å². The Bertz CT molecular complexity index is 1130. The zero-order valence-corrected chi connectivity index (χ0v) is 18.3. The van der Waals surface area contributed by atoms with Gasteiger partial charge < -0.3 is 10.1 Å². The number of halogens is 1. The van der Waals surface area contributed by atoms with E-state index in [1.54, 1.807) is 42.5 Å². The van der Waals surface area contributed by atoms with Crippen molar-refractivity contribution in [2.75, 3.05) is 16.8 Å². The molecule has 0 bridgehead atoms. The molecule has 2 heterocycles. The Balaban J connectivity index is 1.66. The van der Waals surface area contributed by atoms with Gasteiger partial charge in [-0.15, -0.1) is 11.3 Å². The van der Waals surface area contributed by atoms with E-state index in [9.17, 15) is 9.59 Å². The number of nitrogens with one attached hydrogen (secondary N) is 1. The highest BCUT2D eigenvalue weighted by molar-refractivity contribution is 7.11. The molecule has 1 atom stereocenters. The number of nitrogens with zero attached hydrogens (tertiary/aromatic N) is 2. The SMILES string of the molecule is Cc1nc(-c2ccc3c(c2)N(C(C)C(=O)Nc2ccc(Cl)cc2)C(=O)CO3)c(C)s1. The molecule has 0 spiro atoms. The second-order valence-corrected chi connectivity index (χ2v) is 8.89. The zero-order chi connectivity index (χ0) is 21.4. The number of amides is 2. The van der Waals surface area contributed by atoms with Crippen molar-refractivity contribution in [2.45, 2.75) is 26.8 Å². The Labute approximate surface area is 183 Å². The van der Waals surface area contributed by atoms with Crippen LogP contribution in [0.15, 0.2) is 42.5 Å². The fourth-order valence-corrected chi connectivity index (χ4v) is 4.40. The van der Waals surface area contributed by atoms with E-state index in [1.807, 2.05) is 32.0 Å². The molecule has 6 nitrogen and oxygen atoms in total. The molecule has 2 amide bonds.